The molecule has 0 atom stereocenters. The number of rotatable bonds is 1. The van der Waals surface area contributed by atoms with Gasteiger partial charge in [0.15, 0.2) is 0 Å². The first-order chi connectivity index (χ1) is 6.24. The van der Waals surface area contributed by atoms with Gasteiger partial charge in [-0.05, 0) is 12.5 Å². The monoisotopic (exact) mass is 195 g/mol. The molecule has 0 spiro atoms. The Morgan fingerprint density at radius 3 is 3.08 bits per heavy atom. The molecule has 2 heterocycles. The van der Waals surface area contributed by atoms with Crippen molar-refractivity contribution in [3.63, 3.8) is 0 Å². The number of nitrogens with two attached hydrogens (primary N) is 1. The van der Waals surface area contributed by atoms with Crippen LogP contribution in [-0.4, -0.2) is 9.97 Å². The molecule has 2 rings (SSSR count). The van der Waals surface area contributed by atoms with Crippen molar-refractivity contribution < 1.29 is 0 Å². The number of aromatic amines is 1. The summed E-state index contributed by atoms with van der Waals surface area (Å²) in [6.45, 7) is 2.37. The van der Waals surface area contributed by atoms with Crippen LogP contribution in [0.1, 0.15) is 10.4 Å². The van der Waals surface area contributed by atoms with E-state index in [-0.39, 0.29) is 5.56 Å². The molecule has 0 aliphatic rings. The van der Waals surface area contributed by atoms with Crippen molar-refractivity contribution in [2.24, 2.45) is 5.73 Å². The van der Waals surface area contributed by atoms with Gasteiger partial charge in [0, 0.05) is 11.4 Å². The molecule has 4 nitrogen and oxygen atoms in total. The van der Waals surface area contributed by atoms with Gasteiger partial charge in [-0.3, -0.25) is 4.79 Å². The molecule has 0 fully saturated rings. The van der Waals surface area contributed by atoms with E-state index < -0.39 is 0 Å². The van der Waals surface area contributed by atoms with Gasteiger partial charge in [-0.25, -0.2) is 4.98 Å². The van der Waals surface area contributed by atoms with Gasteiger partial charge in [-0.2, -0.15) is 0 Å². The first-order valence-electron chi connectivity index (χ1n) is 3.89. The highest BCUT2D eigenvalue weighted by molar-refractivity contribution is 7.18. The maximum Gasteiger partial charge on any atom is 0.259 e. The minimum Gasteiger partial charge on any atom is -0.326 e. The fraction of sp³-hybridized carbons (Fsp3) is 0.250. The Morgan fingerprint density at radius 2 is 2.46 bits per heavy atom. The van der Waals surface area contributed by atoms with E-state index in [1.54, 1.807) is 0 Å². The first kappa shape index (κ1) is 8.40. The molecule has 68 valence electrons. The Hall–Kier alpha value is -1.20. The van der Waals surface area contributed by atoms with Crippen LogP contribution in [0.5, 0.6) is 0 Å². The Bertz CT molecular complexity index is 500. The molecule has 0 aromatic carbocycles. The van der Waals surface area contributed by atoms with Crippen LogP contribution in [-0.2, 0) is 6.54 Å². The maximum absolute atomic E-state index is 11.4. The summed E-state index contributed by atoms with van der Waals surface area (Å²) >= 11 is 1.48. The number of thiophene rings is 1. The maximum atomic E-state index is 11.4. The zero-order chi connectivity index (χ0) is 9.42. The van der Waals surface area contributed by atoms with Gasteiger partial charge in [0.1, 0.15) is 4.83 Å². The summed E-state index contributed by atoms with van der Waals surface area (Å²) in [4.78, 5) is 19.8. The highest BCUT2D eigenvalue weighted by Crippen LogP contribution is 2.25. The normalized spacial score (nSPS) is 10.9. The van der Waals surface area contributed by atoms with E-state index >= 15 is 0 Å². The first-order valence-corrected chi connectivity index (χ1v) is 4.71. The number of hydrogen-bond donors (Lipinski definition) is 2. The van der Waals surface area contributed by atoms with Gasteiger partial charge < -0.3 is 10.7 Å². The van der Waals surface area contributed by atoms with Crippen molar-refractivity contribution in [1.82, 2.24) is 9.97 Å². The van der Waals surface area contributed by atoms with Crippen molar-refractivity contribution in [2.45, 2.75) is 13.5 Å². The zero-order valence-electron chi connectivity index (χ0n) is 7.13. The van der Waals surface area contributed by atoms with Crippen LogP contribution in [0, 0.1) is 6.92 Å². The third kappa shape index (κ3) is 1.16. The van der Waals surface area contributed by atoms with Crippen LogP contribution >= 0.6 is 11.3 Å². The largest absolute Gasteiger partial charge is 0.326 e. The quantitative estimate of drug-likeness (QED) is 0.705. The summed E-state index contributed by atoms with van der Waals surface area (Å²) in [6.07, 6.45) is 1.42. The third-order valence-electron chi connectivity index (χ3n) is 2.02. The second kappa shape index (κ2) is 2.93. The Kier molecular flexibility index (Phi) is 1.90. The molecule has 2 aromatic heterocycles. The van der Waals surface area contributed by atoms with E-state index in [1.807, 2.05) is 6.92 Å². The van der Waals surface area contributed by atoms with Gasteiger partial charge >= 0.3 is 0 Å². The fourth-order valence-electron chi connectivity index (χ4n) is 1.32. The summed E-state index contributed by atoms with van der Waals surface area (Å²) in [5.74, 6) is 0. The van der Waals surface area contributed by atoms with E-state index in [9.17, 15) is 4.79 Å². The number of nitrogens with zero attached hydrogens (tertiary/aromatic N) is 1. The highest BCUT2D eigenvalue weighted by Gasteiger charge is 2.10. The van der Waals surface area contributed by atoms with Crippen molar-refractivity contribution >= 4 is 21.6 Å². The minimum atomic E-state index is -0.0848. The Labute approximate surface area is 78.4 Å². The molecule has 0 unspecified atom stereocenters. The van der Waals surface area contributed by atoms with Gasteiger partial charge in [-0.15, -0.1) is 11.3 Å². The standard InChI is InChI=1S/C8H9N3OS/c1-4-5(2-9)13-8-6(4)7(12)10-3-11-8/h3H,2,9H2,1H3,(H,10,11,12). The highest BCUT2D eigenvalue weighted by atomic mass is 32.1. The second-order valence-corrected chi connectivity index (χ2v) is 3.85. The smallest absolute Gasteiger partial charge is 0.259 e. The molecule has 0 aliphatic heterocycles. The lowest BCUT2D eigenvalue weighted by molar-refractivity contribution is 1.09. The zero-order valence-corrected chi connectivity index (χ0v) is 7.94. The third-order valence-corrected chi connectivity index (χ3v) is 3.24. The summed E-state index contributed by atoms with van der Waals surface area (Å²) in [6, 6.07) is 0. The van der Waals surface area contributed by atoms with Crippen molar-refractivity contribution in [3.8, 4) is 0 Å². The van der Waals surface area contributed by atoms with Crippen LogP contribution in [0.2, 0.25) is 0 Å². The minimum absolute atomic E-state index is 0.0848. The van der Waals surface area contributed by atoms with Crippen molar-refractivity contribution in [1.29, 1.82) is 0 Å². The van der Waals surface area contributed by atoms with Crippen LogP contribution in [0.25, 0.3) is 10.2 Å². The summed E-state index contributed by atoms with van der Waals surface area (Å²) < 4.78 is 0. The number of H-pyrrole nitrogens is 1. The van der Waals surface area contributed by atoms with E-state index in [4.69, 9.17) is 5.73 Å². The molecule has 3 N–H and O–H groups in total. The van der Waals surface area contributed by atoms with Crippen LogP contribution < -0.4 is 11.3 Å². The predicted molar refractivity (Wildman–Crippen MR) is 52.9 cm³/mol. The lowest BCUT2D eigenvalue weighted by atomic mass is 10.2. The van der Waals surface area contributed by atoms with Crippen LogP contribution in [0.3, 0.4) is 0 Å². The topological polar surface area (TPSA) is 71.8 Å². The molecular weight excluding hydrogens is 186 g/mol. The molecule has 0 saturated carbocycles. The average Bonchev–Trinajstić information content (AvgIpc) is 2.44. The van der Waals surface area contributed by atoms with Gasteiger partial charge in [0.05, 0.1) is 11.7 Å². The lowest BCUT2D eigenvalue weighted by Crippen LogP contribution is -2.05. The fourth-order valence-corrected chi connectivity index (χ4v) is 2.34. The SMILES string of the molecule is Cc1c(CN)sc2nc[nH]c(=O)c12. The van der Waals surface area contributed by atoms with Crippen LogP contribution in [0.15, 0.2) is 11.1 Å². The van der Waals surface area contributed by atoms with Gasteiger partial charge in [-0.1, -0.05) is 0 Å². The van der Waals surface area contributed by atoms with E-state index in [1.165, 1.54) is 17.7 Å². The number of nitrogens with one attached hydrogen (secondary N) is 1. The number of hydrogen-bond acceptors (Lipinski definition) is 4. The van der Waals surface area contributed by atoms with E-state index in [0.717, 1.165) is 15.3 Å². The Morgan fingerprint density at radius 1 is 1.69 bits per heavy atom. The summed E-state index contributed by atoms with van der Waals surface area (Å²) in [5.41, 5.74) is 6.41. The predicted octanol–water partition coefficient (Wildman–Crippen LogP) is 0.752. The van der Waals surface area contributed by atoms with Crippen molar-refractivity contribution in [2.75, 3.05) is 0 Å². The lowest BCUT2D eigenvalue weighted by Gasteiger charge is -1.90. The second-order valence-electron chi connectivity index (χ2n) is 2.77. The molecular formula is C8H9N3OS. The Balaban J connectivity index is 2.93. The molecule has 0 amide bonds. The van der Waals surface area contributed by atoms with Gasteiger partial charge in [0.25, 0.3) is 5.56 Å². The average molecular weight is 195 g/mol. The number of aryl methyl sites for hydroxylation is 1. The van der Waals surface area contributed by atoms with E-state index in [0.29, 0.717) is 11.9 Å². The number of fused-ring (bicyclic) bond motifs is 1. The molecule has 5 heteroatoms. The molecule has 2 aromatic rings. The molecule has 0 saturated heterocycles. The molecule has 13 heavy (non-hydrogen) atoms. The molecule has 0 radical (unpaired) electrons. The van der Waals surface area contributed by atoms with Crippen molar-refractivity contribution in [3.05, 3.63) is 27.1 Å². The molecule has 0 aliphatic carbocycles. The summed E-state index contributed by atoms with van der Waals surface area (Å²) in [5, 5.41) is 0.674. The summed E-state index contributed by atoms with van der Waals surface area (Å²) in [7, 11) is 0. The van der Waals surface area contributed by atoms with E-state index in [2.05, 4.69) is 9.97 Å². The van der Waals surface area contributed by atoms with Gasteiger partial charge in [0.2, 0.25) is 0 Å². The molecule has 0 bridgehead atoms. The van der Waals surface area contributed by atoms with Crippen LogP contribution in [0.4, 0.5) is 0 Å². The number of aromatic nitrogens is 2.